The average molecular weight is 341 g/mol. The molecular formula is C15H19NO8. The monoisotopic (exact) mass is 341 g/mol. The third-order valence-corrected chi connectivity index (χ3v) is 2.94. The van der Waals surface area contributed by atoms with E-state index in [-0.39, 0.29) is 43.4 Å². The number of hydrogen-bond acceptors (Lipinski definition) is 8. The van der Waals surface area contributed by atoms with Crippen LogP contribution in [0.2, 0.25) is 0 Å². The molecule has 0 saturated heterocycles. The lowest BCUT2D eigenvalue weighted by Gasteiger charge is -2.16. The van der Waals surface area contributed by atoms with Gasteiger partial charge in [-0.25, -0.2) is 14.4 Å². The molecule has 1 N–H and O–H groups in total. The predicted molar refractivity (Wildman–Crippen MR) is 80.2 cm³/mol. The molecular weight excluding hydrogens is 322 g/mol. The van der Waals surface area contributed by atoms with Crippen molar-refractivity contribution in [3.8, 4) is 0 Å². The van der Waals surface area contributed by atoms with Gasteiger partial charge in [-0.1, -0.05) is 6.58 Å². The van der Waals surface area contributed by atoms with Gasteiger partial charge in [0.2, 0.25) is 0 Å². The number of esters is 1. The molecule has 1 amide bonds. The molecule has 24 heavy (non-hydrogen) atoms. The zero-order chi connectivity index (χ0) is 18.1. The Morgan fingerprint density at radius 1 is 1.29 bits per heavy atom. The Morgan fingerprint density at radius 3 is 2.54 bits per heavy atom. The number of alkyl carbamates (subject to hydrolysis) is 1. The minimum atomic E-state index is -1.04. The SMILES string of the molecule is C=CC(=O)CC[C@H](NC(=O)OCc1oc(=O)oc1C)C(=O)OCC. The summed E-state index contributed by atoms with van der Waals surface area (Å²) in [7, 11) is 0. The van der Waals surface area contributed by atoms with E-state index in [1.165, 1.54) is 6.92 Å². The van der Waals surface area contributed by atoms with Crippen LogP contribution in [0.3, 0.4) is 0 Å². The lowest BCUT2D eigenvalue weighted by Crippen LogP contribution is -2.42. The first-order valence-electron chi connectivity index (χ1n) is 7.22. The zero-order valence-corrected chi connectivity index (χ0v) is 13.5. The van der Waals surface area contributed by atoms with Crippen LogP contribution in [0.5, 0.6) is 0 Å². The first-order chi connectivity index (χ1) is 11.4. The highest BCUT2D eigenvalue weighted by Crippen LogP contribution is 2.07. The number of ketones is 1. The Morgan fingerprint density at radius 2 is 2.00 bits per heavy atom. The second-order valence-corrected chi connectivity index (χ2v) is 4.67. The van der Waals surface area contributed by atoms with Crippen LogP contribution >= 0.6 is 0 Å². The highest BCUT2D eigenvalue weighted by atomic mass is 16.6. The molecule has 0 aliphatic carbocycles. The van der Waals surface area contributed by atoms with Crippen molar-refractivity contribution in [3.05, 3.63) is 34.8 Å². The van der Waals surface area contributed by atoms with Gasteiger partial charge in [0.15, 0.2) is 23.9 Å². The molecule has 1 aromatic heterocycles. The molecule has 0 bridgehead atoms. The number of rotatable bonds is 9. The molecule has 9 nitrogen and oxygen atoms in total. The number of allylic oxidation sites excluding steroid dienone is 1. The van der Waals surface area contributed by atoms with Crippen molar-refractivity contribution in [2.75, 3.05) is 6.61 Å². The van der Waals surface area contributed by atoms with Gasteiger partial charge in [0.25, 0.3) is 0 Å². The fourth-order valence-electron chi connectivity index (χ4n) is 1.70. The zero-order valence-electron chi connectivity index (χ0n) is 13.5. The summed E-state index contributed by atoms with van der Waals surface area (Å²) in [6.07, 6.45) is 0.258. The van der Waals surface area contributed by atoms with Crippen LogP contribution in [0, 0.1) is 6.92 Å². The summed E-state index contributed by atoms with van der Waals surface area (Å²) in [4.78, 5) is 45.7. The summed E-state index contributed by atoms with van der Waals surface area (Å²) in [5.74, 6) is -1.61. The average Bonchev–Trinajstić information content (AvgIpc) is 2.86. The molecule has 1 atom stereocenters. The van der Waals surface area contributed by atoms with Crippen molar-refractivity contribution in [1.29, 1.82) is 0 Å². The van der Waals surface area contributed by atoms with Crippen LogP contribution in [0.15, 0.2) is 26.3 Å². The number of ether oxygens (including phenoxy) is 2. The fraction of sp³-hybridized carbons (Fsp3) is 0.467. The number of nitrogens with one attached hydrogen (secondary N) is 1. The molecule has 0 aliphatic heterocycles. The second-order valence-electron chi connectivity index (χ2n) is 4.67. The van der Waals surface area contributed by atoms with E-state index in [2.05, 4.69) is 20.7 Å². The molecule has 0 radical (unpaired) electrons. The van der Waals surface area contributed by atoms with Gasteiger partial charge in [0.1, 0.15) is 6.04 Å². The maximum absolute atomic E-state index is 11.8. The van der Waals surface area contributed by atoms with Crippen molar-refractivity contribution in [1.82, 2.24) is 5.32 Å². The summed E-state index contributed by atoms with van der Waals surface area (Å²) in [5, 5.41) is 2.30. The number of carbonyl (C=O) groups excluding carboxylic acids is 3. The number of carbonyl (C=O) groups is 3. The van der Waals surface area contributed by atoms with Crippen LogP contribution in [-0.4, -0.2) is 30.5 Å². The van der Waals surface area contributed by atoms with E-state index in [9.17, 15) is 19.2 Å². The quantitative estimate of drug-likeness (QED) is 0.525. The van der Waals surface area contributed by atoms with Crippen molar-refractivity contribution < 1.29 is 32.7 Å². The Bertz CT molecular complexity index is 657. The molecule has 1 rings (SSSR count). The number of amides is 1. The van der Waals surface area contributed by atoms with E-state index in [1.54, 1.807) is 6.92 Å². The Balaban J connectivity index is 2.60. The smallest absolute Gasteiger partial charge is 0.464 e. The molecule has 0 saturated carbocycles. The predicted octanol–water partition coefficient (Wildman–Crippen LogP) is 1.23. The molecule has 132 valence electrons. The van der Waals surface area contributed by atoms with E-state index in [4.69, 9.17) is 9.47 Å². The number of hydrogen-bond donors (Lipinski definition) is 1. The lowest BCUT2D eigenvalue weighted by molar-refractivity contribution is -0.145. The Labute approximate surface area is 137 Å². The van der Waals surface area contributed by atoms with Gasteiger partial charge < -0.3 is 23.6 Å². The normalized spacial score (nSPS) is 11.4. The minimum Gasteiger partial charge on any atom is -0.464 e. The summed E-state index contributed by atoms with van der Waals surface area (Å²) >= 11 is 0. The standard InChI is InChI=1S/C15H19NO8/c1-4-10(17)6-7-11(13(18)21-5-2)16-14(19)22-8-12-9(3)23-15(20)24-12/h4,11H,1,5-8H2,2-3H3,(H,16,19)/t11-/m0/s1. The lowest BCUT2D eigenvalue weighted by atomic mass is 10.1. The molecule has 1 aromatic rings. The van der Waals surface area contributed by atoms with Crippen LogP contribution in [0.1, 0.15) is 31.3 Å². The highest BCUT2D eigenvalue weighted by molar-refractivity contribution is 5.90. The van der Waals surface area contributed by atoms with Crippen LogP contribution in [0.25, 0.3) is 0 Å². The Kier molecular flexibility index (Phi) is 7.47. The van der Waals surface area contributed by atoms with Gasteiger partial charge in [-0.2, -0.15) is 0 Å². The molecule has 0 unspecified atom stereocenters. The third-order valence-electron chi connectivity index (χ3n) is 2.94. The number of aryl methyl sites for hydroxylation is 1. The first-order valence-corrected chi connectivity index (χ1v) is 7.22. The molecule has 0 spiro atoms. The minimum absolute atomic E-state index is 0.0168. The summed E-state index contributed by atoms with van der Waals surface area (Å²) in [5.41, 5.74) is 0. The largest absolute Gasteiger partial charge is 0.519 e. The van der Waals surface area contributed by atoms with Gasteiger partial charge in [-0.3, -0.25) is 4.79 Å². The van der Waals surface area contributed by atoms with E-state index in [0.29, 0.717) is 0 Å². The highest BCUT2D eigenvalue weighted by Gasteiger charge is 2.23. The van der Waals surface area contributed by atoms with E-state index < -0.39 is 23.9 Å². The molecule has 1 heterocycles. The van der Waals surface area contributed by atoms with E-state index in [0.717, 1.165) is 6.08 Å². The summed E-state index contributed by atoms with van der Waals surface area (Å²) < 4.78 is 19.0. The fourth-order valence-corrected chi connectivity index (χ4v) is 1.70. The molecule has 0 aromatic carbocycles. The van der Waals surface area contributed by atoms with E-state index in [1.807, 2.05) is 0 Å². The van der Waals surface area contributed by atoms with Crippen LogP contribution in [-0.2, 0) is 25.7 Å². The second kappa shape index (κ2) is 9.33. The van der Waals surface area contributed by atoms with Crippen molar-refractivity contribution in [3.63, 3.8) is 0 Å². The summed E-state index contributed by atoms with van der Waals surface area (Å²) in [6.45, 7) is 6.21. The van der Waals surface area contributed by atoms with Gasteiger partial charge in [-0.05, 0) is 26.3 Å². The maximum atomic E-state index is 11.8. The van der Waals surface area contributed by atoms with Gasteiger partial charge in [0, 0.05) is 6.42 Å². The maximum Gasteiger partial charge on any atom is 0.519 e. The first kappa shape index (κ1) is 19.2. The third kappa shape index (κ3) is 6.11. The van der Waals surface area contributed by atoms with Crippen LogP contribution in [0.4, 0.5) is 4.79 Å². The van der Waals surface area contributed by atoms with Crippen molar-refractivity contribution in [2.45, 2.75) is 39.3 Å². The van der Waals surface area contributed by atoms with Gasteiger partial charge in [0.05, 0.1) is 6.61 Å². The van der Waals surface area contributed by atoms with Crippen molar-refractivity contribution >= 4 is 17.8 Å². The van der Waals surface area contributed by atoms with Gasteiger partial charge in [-0.15, -0.1) is 0 Å². The topological polar surface area (TPSA) is 125 Å². The molecule has 0 aliphatic rings. The molecule has 9 heteroatoms. The van der Waals surface area contributed by atoms with E-state index >= 15 is 0 Å². The van der Waals surface area contributed by atoms with Crippen LogP contribution < -0.4 is 11.1 Å². The molecule has 0 fully saturated rings. The summed E-state index contributed by atoms with van der Waals surface area (Å²) in [6, 6.07) is -1.04. The Hall–Kier alpha value is -2.84. The van der Waals surface area contributed by atoms with Gasteiger partial charge >= 0.3 is 17.9 Å². The van der Waals surface area contributed by atoms with Crippen molar-refractivity contribution in [2.24, 2.45) is 0 Å².